The molecule has 0 unspecified atom stereocenters. The Bertz CT molecular complexity index is 817. The number of halogens is 2. The van der Waals surface area contributed by atoms with Crippen molar-refractivity contribution in [2.45, 2.75) is 12.3 Å². The highest BCUT2D eigenvalue weighted by Gasteiger charge is 2.43. The molecule has 0 radical (unpaired) electrons. The van der Waals surface area contributed by atoms with E-state index in [1.807, 2.05) is 6.07 Å². The van der Waals surface area contributed by atoms with Gasteiger partial charge in [0.1, 0.15) is 6.07 Å². The van der Waals surface area contributed by atoms with Crippen molar-refractivity contribution in [2.24, 2.45) is 5.92 Å². The summed E-state index contributed by atoms with van der Waals surface area (Å²) < 4.78 is 27.8. The van der Waals surface area contributed by atoms with Crippen LogP contribution >= 0.6 is 0 Å². The first kappa shape index (κ1) is 15.2. The van der Waals surface area contributed by atoms with Crippen LogP contribution in [0, 0.1) is 17.2 Å². The SMILES string of the molecule is N#Cc1ccc(N2C[C@@H](C(=O)O)CC(F)(F)C2)c2cccnc12. The van der Waals surface area contributed by atoms with Gasteiger partial charge >= 0.3 is 5.97 Å². The number of aromatic nitrogens is 1. The molecule has 3 rings (SSSR count). The second kappa shape index (κ2) is 5.47. The van der Waals surface area contributed by atoms with E-state index in [9.17, 15) is 13.6 Å². The zero-order chi connectivity index (χ0) is 16.6. The Balaban J connectivity index is 2.09. The summed E-state index contributed by atoms with van der Waals surface area (Å²) >= 11 is 0. The van der Waals surface area contributed by atoms with Crippen molar-refractivity contribution in [3.63, 3.8) is 0 Å². The smallest absolute Gasteiger partial charge is 0.308 e. The highest BCUT2D eigenvalue weighted by molar-refractivity contribution is 5.95. The number of pyridine rings is 1. The van der Waals surface area contributed by atoms with Crippen molar-refractivity contribution in [1.29, 1.82) is 5.26 Å². The molecule has 1 aromatic carbocycles. The Morgan fingerprint density at radius 3 is 2.91 bits per heavy atom. The van der Waals surface area contributed by atoms with Gasteiger partial charge in [0, 0.05) is 30.2 Å². The van der Waals surface area contributed by atoms with Crippen LogP contribution in [0.15, 0.2) is 30.5 Å². The van der Waals surface area contributed by atoms with Crippen LogP contribution in [0.3, 0.4) is 0 Å². The van der Waals surface area contributed by atoms with Gasteiger partial charge < -0.3 is 10.0 Å². The second-order valence-corrected chi connectivity index (χ2v) is 5.62. The summed E-state index contributed by atoms with van der Waals surface area (Å²) in [5, 5.41) is 18.8. The number of benzene rings is 1. The largest absolute Gasteiger partial charge is 0.481 e. The van der Waals surface area contributed by atoms with Gasteiger partial charge in [-0.1, -0.05) is 0 Å². The lowest BCUT2D eigenvalue weighted by atomic mass is 9.94. The van der Waals surface area contributed by atoms with Crippen LogP contribution in [-0.2, 0) is 4.79 Å². The van der Waals surface area contributed by atoms with Gasteiger partial charge in [-0.15, -0.1) is 0 Å². The van der Waals surface area contributed by atoms with E-state index in [0.29, 0.717) is 22.2 Å². The molecule has 5 nitrogen and oxygen atoms in total. The van der Waals surface area contributed by atoms with Gasteiger partial charge in [0.15, 0.2) is 0 Å². The molecule has 1 aromatic heterocycles. The van der Waals surface area contributed by atoms with E-state index in [2.05, 4.69) is 4.98 Å². The molecule has 1 N–H and O–H groups in total. The Morgan fingerprint density at radius 1 is 1.43 bits per heavy atom. The van der Waals surface area contributed by atoms with E-state index >= 15 is 0 Å². The van der Waals surface area contributed by atoms with Gasteiger partial charge in [0.2, 0.25) is 0 Å². The van der Waals surface area contributed by atoms with Crippen LogP contribution in [0.2, 0.25) is 0 Å². The minimum absolute atomic E-state index is 0.000811. The predicted molar refractivity (Wildman–Crippen MR) is 79.4 cm³/mol. The van der Waals surface area contributed by atoms with Crippen molar-refractivity contribution in [2.75, 3.05) is 18.0 Å². The highest BCUT2D eigenvalue weighted by atomic mass is 19.3. The van der Waals surface area contributed by atoms with Gasteiger partial charge in [-0.05, 0) is 24.3 Å². The number of nitriles is 1. The maximum atomic E-state index is 13.9. The maximum Gasteiger partial charge on any atom is 0.308 e. The third-order valence-electron chi connectivity index (χ3n) is 3.97. The number of alkyl halides is 2. The number of carbonyl (C=O) groups is 1. The third-order valence-corrected chi connectivity index (χ3v) is 3.97. The molecule has 7 heteroatoms. The lowest BCUT2D eigenvalue weighted by Crippen LogP contribution is -2.49. The van der Waals surface area contributed by atoms with Gasteiger partial charge in [-0.25, -0.2) is 8.78 Å². The van der Waals surface area contributed by atoms with Crippen LogP contribution in [-0.4, -0.2) is 35.1 Å². The van der Waals surface area contributed by atoms with Crippen molar-refractivity contribution in [3.05, 3.63) is 36.0 Å². The monoisotopic (exact) mass is 317 g/mol. The number of rotatable bonds is 2. The second-order valence-electron chi connectivity index (χ2n) is 5.62. The van der Waals surface area contributed by atoms with Gasteiger partial charge in [-0.2, -0.15) is 5.26 Å². The van der Waals surface area contributed by atoms with Gasteiger partial charge in [0.25, 0.3) is 5.92 Å². The number of nitrogens with zero attached hydrogens (tertiary/aromatic N) is 3. The molecule has 1 fully saturated rings. The molecule has 23 heavy (non-hydrogen) atoms. The Kier molecular flexibility index (Phi) is 3.60. The highest BCUT2D eigenvalue weighted by Crippen LogP contribution is 2.36. The molecule has 0 spiro atoms. The molecule has 0 amide bonds. The van der Waals surface area contributed by atoms with Crippen LogP contribution in [0.25, 0.3) is 10.9 Å². The first-order valence-corrected chi connectivity index (χ1v) is 7.05. The van der Waals surface area contributed by atoms with Crippen LogP contribution in [0.1, 0.15) is 12.0 Å². The number of hydrogen-bond acceptors (Lipinski definition) is 4. The topological polar surface area (TPSA) is 77.2 Å². The summed E-state index contributed by atoms with van der Waals surface area (Å²) in [6, 6.07) is 8.47. The van der Waals surface area contributed by atoms with E-state index in [4.69, 9.17) is 10.4 Å². The molecule has 2 aromatic rings. The van der Waals surface area contributed by atoms with Gasteiger partial charge in [0.05, 0.1) is 23.5 Å². The summed E-state index contributed by atoms with van der Waals surface area (Å²) in [5.74, 6) is -5.45. The minimum atomic E-state index is -3.08. The standard InChI is InChI=1S/C16H13F2N3O2/c17-16(18)6-11(15(22)23)8-21(9-16)13-4-3-10(7-19)14-12(13)2-1-5-20-14/h1-5,11H,6,8-9H2,(H,22,23)/t11-/m0/s1. The number of carboxylic acids is 1. The predicted octanol–water partition coefficient (Wildman–Crippen LogP) is 2.65. The molecular weight excluding hydrogens is 304 g/mol. The average molecular weight is 317 g/mol. The summed E-state index contributed by atoms with van der Waals surface area (Å²) in [6.07, 6.45) is 0.864. The Hall–Kier alpha value is -2.75. The minimum Gasteiger partial charge on any atom is -0.481 e. The molecule has 0 saturated carbocycles. The lowest BCUT2D eigenvalue weighted by molar-refractivity contribution is -0.146. The number of aliphatic carboxylic acids is 1. The summed E-state index contributed by atoms with van der Waals surface area (Å²) in [6.45, 7) is -0.548. The van der Waals surface area contributed by atoms with Crippen molar-refractivity contribution >= 4 is 22.6 Å². The van der Waals surface area contributed by atoms with Crippen molar-refractivity contribution < 1.29 is 18.7 Å². The van der Waals surface area contributed by atoms with E-state index in [1.54, 1.807) is 18.2 Å². The number of hydrogen-bond donors (Lipinski definition) is 1. The molecule has 0 bridgehead atoms. The fraction of sp³-hybridized carbons (Fsp3) is 0.312. The lowest BCUT2D eigenvalue weighted by Gasteiger charge is -2.37. The maximum absolute atomic E-state index is 13.9. The van der Waals surface area contributed by atoms with Crippen LogP contribution in [0.5, 0.6) is 0 Å². The average Bonchev–Trinajstić information content (AvgIpc) is 2.52. The molecule has 2 heterocycles. The molecule has 1 aliphatic heterocycles. The van der Waals surface area contributed by atoms with E-state index in [0.717, 1.165) is 0 Å². The van der Waals surface area contributed by atoms with E-state index in [-0.39, 0.29) is 6.54 Å². The van der Waals surface area contributed by atoms with Crippen LogP contribution in [0.4, 0.5) is 14.5 Å². The Labute approximate surface area is 130 Å². The van der Waals surface area contributed by atoms with E-state index in [1.165, 1.54) is 17.2 Å². The summed E-state index contributed by atoms with van der Waals surface area (Å²) in [5.41, 5.74) is 1.24. The summed E-state index contributed by atoms with van der Waals surface area (Å²) in [7, 11) is 0. The third kappa shape index (κ3) is 2.80. The van der Waals surface area contributed by atoms with E-state index < -0.39 is 30.8 Å². The van der Waals surface area contributed by atoms with Crippen LogP contribution < -0.4 is 4.90 Å². The fourth-order valence-corrected chi connectivity index (χ4v) is 2.97. The molecule has 1 saturated heterocycles. The van der Waals surface area contributed by atoms with Gasteiger partial charge in [-0.3, -0.25) is 9.78 Å². The molecule has 1 aliphatic rings. The summed E-state index contributed by atoms with van der Waals surface area (Å²) in [4.78, 5) is 16.7. The zero-order valence-electron chi connectivity index (χ0n) is 12.0. The van der Waals surface area contributed by atoms with Crippen molar-refractivity contribution in [3.8, 4) is 6.07 Å². The molecule has 118 valence electrons. The molecule has 0 aliphatic carbocycles. The number of fused-ring (bicyclic) bond motifs is 1. The first-order valence-electron chi connectivity index (χ1n) is 7.05. The Morgan fingerprint density at radius 2 is 2.22 bits per heavy atom. The number of carboxylic acid groups (broad SMARTS) is 1. The number of piperidine rings is 1. The molecule has 1 atom stereocenters. The quantitative estimate of drug-likeness (QED) is 0.921. The fourth-order valence-electron chi connectivity index (χ4n) is 2.97. The van der Waals surface area contributed by atoms with Crippen molar-refractivity contribution in [1.82, 2.24) is 4.98 Å². The normalized spacial score (nSPS) is 20.2. The number of anilines is 1. The zero-order valence-corrected chi connectivity index (χ0v) is 12.0. The molecular formula is C16H13F2N3O2. The first-order chi connectivity index (χ1) is 10.9.